The monoisotopic (exact) mass is 215 g/mol. The number of H-pyrrole nitrogens is 1. The predicted molar refractivity (Wildman–Crippen MR) is 58.8 cm³/mol. The summed E-state index contributed by atoms with van der Waals surface area (Å²) in [6, 6.07) is 5.75. The first-order chi connectivity index (χ1) is 7.81. The summed E-state index contributed by atoms with van der Waals surface area (Å²) in [5.41, 5.74) is 1.85. The molecule has 0 unspecified atom stereocenters. The van der Waals surface area contributed by atoms with Crippen molar-refractivity contribution in [2.75, 3.05) is 11.9 Å². The maximum absolute atomic E-state index is 11.0. The Hall–Kier alpha value is -2.30. The van der Waals surface area contributed by atoms with E-state index in [-0.39, 0.29) is 12.4 Å². The molecule has 0 amide bonds. The van der Waals surface area contributed by atoms with Crippen LogP contribution in [0, 0.1) is 0 Å². The number of aromatic nitrogens is 2. The van der Waals surface area contributed by atoms with Crippen molar-refractivity contribution in [1.82, 2.24) is 10.2 Å². The minimum Gasteiger partial charge on any atom is -0.470 e. The summed E-state index contributed by atoms with van der Waals surface area (Å²) in [5, 5.41) is 10.8. The van der Waals surface area contributed by atoms with Gasteiger partial charge in [0.25, 0.3) is 0 Å². The largest absolute Gasteiger partial charge is 0.470 e. The number of rotatable bonds is 2. The zero-order valence-corrected chi connectivity index (χ0v) is 8.36. The molecule has 2 aromatic rings. The third kappa shape index (κ3) is 1.52. The molecule has 80 valence electrons. The van der Waals surface area contributed by atoms with Crippen LogP contribution in [-0.2, 0) is 9.53 Å². The standard InChI is InChI=1S/C11H9N3O2/c15-9-4-11(16-6-9)13-8-1-2-10-7(3-8)5-12-14-10/h1-5,13H,6H2,(H,12,14). The number of benzene rings is 1. The van der Waals surface area contributed by atoms with Gasteiger partial charge in [-0.15, -0.1) is 0 Å². The van der Waals surface area contributed by atoms with Crippen LogP contribution in [0.2, 0.25) is 0 Å². The Kier molecular flexibility index (Phi) is 1.89. The quantitative estimate of drug-likeness (QED) is 0.794. The molecule has 0 saturated heterocycles. The van der Waals surface area contributed by atoms with Crippen LogP contribution >= 0.6 is 0 Å². The number of fused-ring (bicyclic) bond motifs is 1. The summed E-state index contributed by atoms with van der Waals surface area (Å²) in [5.74, 6) is 0.472. The Bertz CT molecular complexity index is 586. The van der Waals surface area contributed by atoms with Crippen LogP contribution in [0.15, 0.2) is 36.4 Å². The van der Waals surface area contributed by atoms with Gasteiger partial charge in [0.05, 0.1) is 11.7 Å². The van der Waals surface area contributed by atoms with Gasteiger partial charge in [0.2, 0.25) is 0 Å². The topological polar surface area (TPSA) is 67.0 Å². The van der Waals surface area contributed by atoms with Crippen LogP contribution < -0.4 is 5.32 Å². The van der Waals surface area contributed by atoms with Crippen molar-refractivity contribution in [1.29, 1.82) is 0 Å². The number of ether oxygens (including phenoxy) is 1. The lowest BCUT2D eigenvalue weighted by Crippen LogP contribution is -1.99. The van der Waals surface area contributed by atoms with E-state index in [0.29, 0.717) is 5.88 Å². The first-order valence-electron chi connectivity index (χ1n) is 4.89. The average molecular weight is 215 g/mol. The molecule has 3 rings (SSSR count). The number of carbonyl (C=O) groups is 1. The molecule has 1 aromatic carbocycles. The Labute approximate surface area is 91.1 Å². The third-order valence-electron chi connectivity index (χ3n) is 2.37. The van der Waals surface area contributed by atoms with E-state index in [9.17, 15) is 4.79 Å². The maximum atomic E-state index is 11.0. The van der Waals surface area contributed by atoms with E-state index >= 15 is 0 Å². The van der Waals surface area contributed by atoms with Crippen molar-refractivity contribution in [2.45, 2.75) is 0 Å². The Morgan fingerprint density at radius 3 is 3.19 bits per heavy atom. The van der Waals surface area contributed by atoms with Crippen molar-refractivity contribution in [3.8, 4) is 0 Å². The molecule has 2 heterocycles. The van der Waals surface area contributed by atoms with Gasteiger partial charge in [-0.05, 0) is 18.2 Å². The van der Waals surface area contributed by atoms with Crippen molar-refractivity contribution < 1.29 is 9.53 Å². The molecule has 0 radical (unpaired) electrons. The molecule has 0 fully saturated rings. The van der Waals surface area contributed by atoms with Crippen LogP contribution in [0.1, 0.15) is 0 Å². The molecule has 0 saturated carbocycles. The number of hydrogen-bond donors (Lipinski definition) is 2. The van der Waals surface area contributed by atoms with E-state index in [1.807, 2.05) is 18.2 Å². The molecular formula is C11H9N3O2. The summed E-state index contributed by atoms with van der Waals surface area (Å²) in [7, 11) is 0. The molecule has 1 aromatic heterocycles. The maximum Gasteiger partial charge on any atom is 0.198 e. The fourth-order valence-electron chi connectivity index (χ4n) is 1.61. The molecule has 0 aliphatic carbocycles. The van der Waals surface area contributed by atoms with Gasteiger partial charge in [-0.1, -0.05) is 0 Å². The molecule has 5 nitrogen and oxygen atoms in total. The van der Waals surface area contributed by atoms with E-state index in [1.165, 1.54) is 6.08 Å². The second kappa shape index (κ2) is 3.37. The summed E-state index contributed by atoms with van der Waals surface area (Å²) in [6.45, 7) is 0.121. The molecule has 0 bridgehead atoms. The van der Waals surface area contributed by atoms with Crippen LogP contribution in [0.4, 0.5) is 5.69 Å². The molecule has 0 atom stereocenters. The van der Waals surface area contributed by atoms with E-state index < -0.39 is 0 Å². The minimum atomic E-state index is -0.0214. The number of nitrogens with one attached hydrogen (secondary N) is 2. The van der Waals surface area contributed by atoms with Crippen LogP contribution in [0.25, 0.3) is 10.9 Å². The van der Waals surface area contributed by atoms with E-state index in [1.54, 1.807) is 6.20 Å². The lowest BCUT2D eigenvalue weighted by molar-refractivity contribution is -0.115. The van der Waals surface area contributed by atoms with Gasteiger partial charge in [0.15, 0.2) is 18.3 Å². The molecule has 5 heteroatoms. The van der Waals surface area contributed by atoms with Gasteiger partial charge in [0.1, 0.15) is 0 Å². The molecule has 0 spiro atoms. The van der Waals surface area contributed by atoms with Gasteiger partial charge >= 0.3 is 0 Å². The number of anilines is 1. The third-order valence-corrected chi connectivity index (χ3v) is 2.37. The predicted octanol–water partition coefficient (Wildman–Crippen LogP) is 1.42. The minimum absolute atomic E-state index is 0.0214. The summed E-state index contributed by atoms with van der Waals surface area (Å²) in [4.78, 5) is 11.0. The van der Waals surface area contributed by atoms with Gasteiger partial charge in [-0.25, -0.2) is 0 Å². The SMILES string of the molecule is O=C1C=C(Nc2ccc3[nH]ncc3c2)OC1. The lowest BCUT2D eigenvalue weighted by Gasteiger charge is -2.06. The summed E-state index contributed by atoms with van der Waals surface area (Å²) < 4.78 is 5.14. The van der Waals surface area contributed by atoms with Gasteiger partial charge < -0.3 is 10.1 Å². The lowest BCUT2D eigenvalue weighted by atomic mass is 10.2. The molecule has 2 N–H and O–H groups in total. The Balaban J connectivity index is 1.89. The number of ketones is 1. The number of hydrogen-bond acceptors (Lipinski definition) is 4. The van der Waals surface area contributed by atoms with Crippen molar-refractivity contribution in [3.05, 3.63) is 36.4 Å². The summed E-state index contributed by atoms with van der Waals surface area (Å²) >= 11 is 0. The Morgan fingerprint density at radius 2 is 2.38 bits per heavy atom. The molecule has 1 aliphatic rings. The van der Waals surface area contributed by atoms with Crippen LogP contribution in [0.5, 0.6) is 0 Å². The number of carbonyl (C=O) groups excluding carboxylic acids is 1. The highest BCUT2D eigenvalue weighted by Gasteiger charge is 2.12. The highest BCUT2D eigenvalue weighted by Crippen LogP contribution is 2.19. The number of nitrogens with zero attached hydrogens (tertiary/aromatic N) is 1. The second-order valence-corrected chi connectivity index (χ2v) is 3.56. The van der Waals surface area contributed by atoms with E-state index in [2.05, 4.69) is 15.5 Å². The molecule has 1 aliphatic heterocycles. The van der Waals surface area contributed by atoms with E-state index in [4.69, 9.17) is 4.74 Å². The normalized spacial score (nSPS) is 15.0. The van der Waals surface area contributed by atoms with Gasteiger partial charge in [0, 0.05) is 17.1 Å². The fraction of sp³-hybridized carbons (Fsp3) is 0.0909. The van der Waals surface area contributed by atoms with Crippen LogP contribution in [0.3, 0.4) is 0 Å². The zero-order chi connectivity index (χ0) is 11.0. The second-order valence-electron chi connectivity index (χ2n) is 3.56. The first-order valence-corrected chi connectivity index (χ1v) is 4.89. The highest BCUT2D eigenvalue weighted by atomic mass is 16.5. The van der Waals surface area contributed by atoms with Crippen molar-refractivity contribution in [3.63, 3.8) is 0 Å². The first kappa shape index (κ1) is 8.96. The van der Waals surface area contributed by atoms with Crippen molar-refractivity contribution >= 4 is 22.4 Å². The molecule has 16 heavy (non-hydrogen) atoms. The highest BCUT2D eigenvalue weighted by molar-refractivity contribution is 5.93. The van der Waals surface area contributed by atoms with Gasteiger partial charge in [-0.3, -0.25) is 9.89 Å². The summed E-state index contributed by atoms with van der Waals surface area (Å²) in [6.07, 6.45) is 3.20. The van der Waals surface area contributed by atoms with Gasteiger partial charge in [-0.2, -0.15) is 5.10 Å². The fourth-order valence-corrected chi connectivity index (χ4v) is 1.61. The number of aromatic amines is 1. The Morgan fingerprint density at radius 1 is 1.44 bits per heavy atom. The van der Waals surface area contributed by atoms with Crippen molar-refractivity contribution in [2.24, 2.45) is 0 Å². The molecular weight excluding hydrogens is 206 g/mol. The van der Waals surface area contributed by atoms with Crippen LogP contribution in [-0.4, -0.2) is 22.6 Å². The smallest absolute Gasteiger partial charge is 0.198 e. The zero-order valence-electron chi connectivity index (χ0n) is 8.36. The average Bonchev–Trinajstić information content (AvgIpc) is 2.87. The van der Waals surface area contributed by atoms with E-state index in [0.717, 1.165) is 16.6 Å².